The number of anilines is 3. The van der Waals surface area contributed by atoms with Gasteiger partial charge in [-0.1, -0.05) is 121 Å². The Labute approximate surface area is 330 Å². The maximum absolute atomic E-state index is 6.32. The predicted molar refractivity (Wildman–Crippen MR) is 237 cm³/mol. The topological polar surface area (TPSA) is 34.2 Å². The molecule has 0 saturated heterocycles. The van der Waals surface area contributed by atoms with Crippen LogP contribution in [0.3, 0.4) is 0 Å². The maximum atomic E-state index is 6.32. The van der Waals surface area contributed by atoms with Crippen molar-refractivity contribution in [2.75, 3.05) is 4.90 Å². The van der Waals surface area contributed by atoms with Crippen molar-refractivity contribution in [3.8, 4) is 39.4 Å². The number of aromatic nitrogens is 2. The van der Waals surface area contributed by atoms with E-state index in [1.165, 1.54) is 32.9 Å². The highest BCUT2D eigenvalue weighted by molar-refractivity contribution is 6.09. The van der Waals surface area contributed by atoms with Crippen molar-refractivity contribution in [1.29, 1.82) is 0 Å². The van der Waals surface area contributed by atoms with Gasteiger partial charge in [0.1, 0.15) is 5.52 Å². The minimum atomic E-state index is 0.637. The molecule has 2 heterocycles. The molecule has 11 rings (SSSR count). The molecule has 0 fully saturated rings. The zero-order valence-electron chi connectivity index (χ0n) is 31.0. The predicted octanol–water partition coefficient (Wildman–Crippen LogP) is 14.5. The molecule has 0 aliphatic heterocycles. The van der Waals surface area contributed by atoms with Gasteiger partial charge in [0.25, 0.3) is 0 Å². The van der Waals surface area contributed by atoms with E-state index in [1.807, 2.05) is 36.4 Å². The Kier molecular flexibility index (Phi) is 7.78. The molecular formula is C53H35N3O. The summed E-state index contributed by atoms with van der Waals surface area (Å²) in [6, 6.07) is 75.3. The molecule has 57 heavy (non-hydrogen) atoms. The minimum Gasteiger partial charge on any atom is -0.435 e. The Balaban J connectivity index is 0.963. The van der Waals surface area contributed by atoms with Crippen LogP contribution in [0.4, 0.5) is 17.1 Å². The van der Waals surface area contributed by atoms with E-state index in [2.05, 4.69) is 185 Å². The summed E-state index contributed by atoms with van der Waals surface area (Å²) >= 11 is 0. The Morgan fingerprint density at radius 2 is 0.877 bits per heavy atom. The number of nitrogens with zero attached hydrogens (tertiary/aromatic N) is 3. The van der Waals surface area contributed by atoms with Crippen LogP contribution in [0.5, 0.6) is 0 Å². The standard InChI is InChI=1S/C53H35N3O/c1-3-11-36(12-4-1)37-19-25-42(26-20-37)55(44-29-31-45(32-30-44)56-50-17-9-7-15-47(50)48-16-8-10-18-51(48)56)43-27-21-38(22-28-43)40-23-33-46-41(35-40)24-34-49-52(46)57-53(54-49)39-13-5-2-6-14-39/h1-35H. The fourth-order valence-corrected chi connectivity index (χ4v) is 8.23. The molecule has 4 heteroatoms. The number of oxazole rings is 1. The lowest BCUT2D eigenvalue weighted by molar-refractivity contribution is 0.623. The van der Waals surface area contributed by atoms with E-state index in [9.17, 15) is 0 Å². The summed E-state index contributed by atoms with van der Waals surface area (Å²) in [5.41, 5.74) is 14.1. The van der Waals surface area contributed by atoms with Crippen molar-refractivity contribution >= 4 is 60.7 Å². The smallest absolute Gasteiger partial charge is 0.227 e. The second kappa shape index (κ2) is 13.6. The van der Waals surface area contributed by atoms with Crippen molar-refractivity contribution in [1.82, 2.24) is 9.55 Å². The average Bonchev–Trinajstić information content (AvgIpc) is 3.88. The highest BCUT2D eigenvalue weighted by Crippen LogP contribution is 2.39. The first kappa shape index (κ1) is 32.7. The molecule has 0 aliphatic rings. The first-order chi connectivity index (χ1) is 28.2. The van der Waals surface area contributed by atoms with Gasteiger partial charge in [0.05, 0.1) is 11.0 Å². The monoisotopic (exact) mass is 729 g/mol. The first-order valence-corrected chi connectivity index (χ1v) is 19.3. The van der Waals surface area contributed by atoms with E-state index in [-0.39, 0.29) is 0 Å². The summed E-state index contributed by atoms with van der Waals surface area (Å²) in [4.78, 5) is 7.11. The molecule has 0 saturated carbocycles. The van der Waals surface area contributed by atoms with E-state index in [1.54, 1.807) is 0 Å². The molecule has 0 atom stereocenters. The Morgan fingerprint density at radius 1 is 0.386 bits per heavy atom. The van der Waals surface area contributed by atoms with Gasteiger partial charge in [0.15, 0.2) is 5.58 Å². The van der Waals surface area contributed by atoms with E-state index < -0.39 is 0 Å². The normalized spacial score (nSPS) is 11.5. The number of hydrogen-bond acceptors (Lipinski definition) is 3. The zero-order valence-corrected chi connectivity index (χ0v) is 31.0. The van der Waals surface area contributed by atoms with Gasteiger partial charge in [-0.15, -0.1) is 0 Å². The van der Waals surface area contributed by atoms with Crippen molar-refractivity contribution in [3.05, 3.63) is 212 Å². The molecule has 9 aromatic carbocycles. The van der Waals surface area contributed by atoms with Crippen LogP contribution in [-0.2, 0) is 0 Å². The van der Waals surface area contributed by atoms with Crippen LogP contribution < -0.4 is 4.90 Å². The Bertz CT molecular complexity index is 3150. The highest BCUT2D eigenvalue weighted by Gasteiger charge is 2.17. The van der Waals surface area contributed by atoms with Crippen LogP contribution in [0, 0.1) is 0 Å². The molecule has 0 spiro atoms. The molecule has 0 N–H and O–H groups in total. The molecular weight excluding hydrogens is 695 g/mol. The quantitative estimate of drug-likeness (QED) is 0.164. The molecule has 0 radical (unpaired) electrons. The van der Waals surface area contributed by atoms with Gasteiger partial charge in [-0.05, 0) is 119 Å². The highest BCUT2D eigenvalue weighted by atomic mass is 16.3. The molecule has 268 valence electrons. The molecule has 0 unspecified atom stereocenters. The lowest BCUT2D eigenvalue weighted by atomic mass is 10.00. The van der Waals surface area contributed by atoms with Crippen molar-refractivity contribution in [2.45, 2.75) is 0 Å². The van der Waals surface area contributed by atoms with E-state index in [4.69, 9.17) is 9.40 Å². The summed E-state index contributed by atoms with van der Waals surface area (Å²) in [5.74, 6) is 0.637. The van der Waals surface area contributed by atoms with E-state index >= 15 is 0 Å². The van der Waals surface area contributed by atoms with Gasteiger partial charge in [0.2, 0.25) is 5.89 Å². The average molecular weight is 730 g/mol. The largest absolute Gasteiger partial charge is 0.435 e. The molecule has 2 aromatic heterocycles. The molecule has 4 nitrogen and oxygen atoms in total. The van der Waals surface area contributed by atoms with Crippen LogP contribution in [0.2, 0.25) is 0 Å². The lowest BCUT2D eigenvalue weighted by Gasteiger charge is -2.26. The number of hydrogen-bond donors (Lipinski definition) is 0. The fourth-order valence-electron chi connectivity index (χ4n) is 8.23. The molecule has 0 aliphatic carbocycles. The summed E-state index contributed by atoms with van der Waals surface area (Å²) in [7, 11) is 0. The van der Waals surface area contributed by atoms with Crippen molar-refractivity contribution in [2.24, 2.45) is 0 Å². The van der Waals surface area contributed by atoms with Crippen molar-refractivity contribution < 1.29 is 4.42 Å². The number of rotatable bonds is 7. The van der Waals surface area contributed by atoms with Gasteiger partial charge in [0, 0.05) is 44.5 Å². The number of benzene rings is 9. The van der Waals surface area contributed by atoms with Crippen molar-refractivity contribution in [3.63, 3.8) is 0 Å². The van der Waals surface area contributed by atoms with Crippen LogP contribution in [0.1, 0.15) is 0 Å². The van der Waals surface area contributed by atoms with E-state index in [0.29, 0.717) is 5.89 Å². The Hall–Kier alpha value is -7.69. The van der Waals surface area contributed by atoms with Gasteiger partial charge < -0.3 is 13.9 Å². The second-order valence-corrected chi connectivity index (χ2v) is 14.4. The maximum Gasteiger partial charge on any atom is 0.227 e. The second-order valence-electron chi connectivity index (χ2n) is 14.4. The first-order valence-electron chi connectivity index (χ1n) is 19.3. The molecule has 0 bridgehead atoms. The summed E-state index contributed by atoms with van der Waals surface area (Å²) in [6.07, 6.45) is 0. The van der Waals surface area contributed by atoms with Gasteiger partial charge in [-0.25, -0.2) is 4.98 Å². The lowest BCUT2D eigenvalue weighted by Crippen LogP contribution is -2.10. The fraction of sp³-hybridized carbons (Fsp3) is 0. The third-order valence-corrected chi connectivity index (χ3v) is 11.0. The zero-order chi connectivity index (χ0) is 37.7. The van der Waals surface area contributed by atoms with Crippen LogP contribution in [0.15, 0.2) is 217 Å². The molecule has 11 aromatic rings. The van der Waals surface area contributed by atoms with Crippen LogP contribution >= 0.6 is 0 Å². The summed E-state index contributed by atoms with van der Waals surface area (Å²) in [5, 5.41) is 4.68. The van der Waals surface area contributed by atoms with Crippen LogP contribution in [-0.4, -0.2) is 9.55 Å². The SMILES string of the molecule is c1ccc(-c2ccc(N(c3ccc(-c4ccc5c(ccc6nc(-c7ccccc7)oc65)c4)cc3)c3ccc(-n4c5ccccc5c5ccccc54)cc3)cc2)cc1. The number of para-hydroxylation sites is 2. The Morgan fingerprint density at radius 3 is 1.49 bits per heavy atom. The summed E-state index contributed by atoms with van der Waals surface area (Å²) < 4.78 is 8.68. The van der Waals surface area contributed by atoms with Gasteiger partial charge in [-0.2, -0.15) is 0 Å². The minimum absolute atomic E-state index is 0.637. The van der Waals surface area contributed by atoms with E-state index in [0.717, 1.165) is 61.3 Å². The number of fused-ring (bicyclic) bond motifs is 6. The summed E-state index contributed by atoms with van der Waals surface area (Å²) in [6.45, 7) is 0. The van der Waals surface area contributed by atoms with Gasteiger partial charge >= 0.3 is 0 Å². The van der Waals surface area contributed by atoms with Gasteiger partial charge in [-0.3, -0.25) is 0 Å². The van der Waals surface area contributed by atoms with Crippen LogP contribution in [0.25, 0.3) is 83.1 Å². The molecule has 0 amide bonds. The third kappa shape index (κ3) is 5.74. The third-order valence-electron chi connectivity index (χ3n) is 11.0.